The average Bonchev–Trinajstić information content (AvgIpc) is 2.30. The summed E-state index contributed by atoms with van der Waals surface area (Å²) in [5.74, 6) is 0. The molecule has 2 rings (SSSR count). The van der Waals surface area contributed by atoms with Crippen LogP contribution in [0.1, 0.15) is 11.1 Å². The van der Waals surface area contributed by atoms with E-state index in [0.717, 1.165) is 20.2 Å². The monoisotopic (exact) mass is 421 g/mol. The SMILES string of the molecule is Cc1ccc(CNc2c(Cl)cc(Br)cc2Cl)c(Br)c1. The van der Waals surface area contributed by atoms with Crippen molar-refractivity contribution in [3.63, 3.8) is 0 Å². The van der Waals surface area contributed by atoms with Crippen LogP contribution < -0.4 is 5.32 Å². The van der Waals surface area contributed by atoms with Gasteiger partial charge in [-0.05, 0) is 36.2 Å². The predicted molar refractivity (Wildman–Crippen MR) is 90.4 cm³/mol. The van der Waals surface area contributed by atoms with E-state index in [2.05, 4.69) is 62.3 Å². The molecule has 0 atom stereocenters. The van der Waals surface area contributed by atoms with Crippen LogP contribution in [0.4, 0.5) is 5.69 Å². The topological polar surface area (TPSA) is 12.0 Å². The molecule has 0 fully saturated rings. The second kappa shape index (κ2) is 6.49. The fraction of sp³-hybridized carbons (Fsp3) is 0.143. The quantitative estimate of drug-likeness (QED) is 0.599. The molecule has 0 bridgehead atoms. The Morgan fingerprint density at radius 1 is 1.05 bits per heavy atom. The Morgan fingerprint density at radius 3 is 2.26 bits per heavy atom. The molecule has 0 saturated carbocycles. The van der Waals surface area contributed by atoms with E-state index in [0.29, 0.717) is 16.6 Å². The van der Waals surface area contributed by atoms with Gasteiger partial charge in [-0.25, -0.2) is 0 Å². The van der Waals surface area contributed by atoms with Gasteiger partial charge in [-0.15, -0.1) is 0 Å². The van der Waals surface area contributed by atoms with Crippen molar-refractivity contribution in [3.8, 4) is 0 Å². The molecule has 0 radical (unpaired) electrons. The van der Waals surface area contributed by atoms with Crippen LogP contribution in [0.15, 0.2) is 39.3 Å². The predicted octanol–water partition coefficient (Wildman–Crippen LogP) is 6.44. The second-order valence-corrected chi connectivity index (χ2v) is 6.78. The third-order valence-electron chi connectivity index (χ3n) is 2.67. The summed E-state index contributed by atoms with van der Waals surface area (Å²) in [7, 11) is 0. The molecule has 0 aliphatic heterocycles. The van der Waals surface area contributed by atoms with Crippen LogP contribution in [-0.2, 0) is 6.54 Å². The number of benzene rings is 2. The van der Waals surface area contributed by atoms with Crippen molar-refractivity contribution < 1.29 is 0 Å². The van der Waals surface area contributed by atoms with E-state index in [9.17, 15) is 0 Å². The number of anilines is 1. The molecule has 100 valence electrons. The summed E-state index contributed by atoms with van der Waals surface area (Å²) in [5, 5.41) is 4.47. The number of hydrogen-bond donors (Lipinski definition) is 1. The maximum Gasteiger partial charge on any atom is 0.0722 e. The number of rotatable bonds is 3. The summed E-state index contributed by atoms with van der Waals surface area (Å²) in [4.78, 5) is 0. The van der Waals surface area contributed by atoms with Crippen molar-refractivity contribution in [1.29, 1.82) is 0 Å². The van der Waals surface area contributed by atoms with Crippen LogP contribution in [0.25, 0.3) is 0 Å². The summed E-state index contributed by atoms with van der Waals surface area (Å²) >= 11 is 19.3. The molecule has 0 unspecified atom stereocenters. The number of aryl methyl sites for hydroxylation is 1. The Kier molecular flexibility index (Phi) is 5.18. The molecule has 1 nitrogen and oxygen atoms in total. The van der Waals surface area contributed by atoms with Crippen LogP contribution in [0.5, 0.6) is 0 Å². The second-order valence-electron chi connectivity index (χ2n) is 4.19. The van der Waals surface area contributed by atoms with Gasteiger partial charge >= 0.3 is 0 Å². The van der Waals surface area contributed by atoms with E-state index in [1.807, 2.05) is 12.1 Å². The van der Waals surface area contributed by atoms with Crippen molar-refractivity contribution >= 4 is 60.7 Å². The summed E-state index contributed by atoms with van der Waals surface area (Å²) in [6, 6.07) is 9.88. The Hall–Kier alpha value is -0.220. The molecular weight excluding hydrogens is 413 g/mol. The maximum absolute atomic E-state index is 6.18. The zero-order valence-corrected chi connectivity index (χ0v) is 14.8. The van der Waals surface area contributed by atoms with Gasteiger partial charge in [0.25, 0.3) is 0 Å². The molecule has 2 aromatic rings. The molecule has 0 heterocycles. The number of nitrogens with one attached hydrogen (secondary N) is 1. The number of hydrogen-bond acceptors (Lipinski definition) is 1. The lowest BCUT2D eigenvalue weighted by atomic mass is 10.1. The molecule has 0 spiro atoms. The van der Waals surface area contributed by atoms with Gasteiger partial charge in [-0.3, -0.25) is 0 Å². The first kappa shape index (κ1) is 15.2. The van der Waals surface area contributed by atoms with E-state index in [-0.39, 0.29) is 0 Å². The van der Waals surface area contributed by atoms with E-state index in [1.54, 1.807) is 0 Å². The van der Waals surface area contributed by atoms with Gasteiger partial charge in [0, 0.05) is 15.5 Å². The largest absolute Gasteiger partial charge is 0.379 e. The van der Waals surface area contributed by atoms with Crippen molar-refractivity contribution in [2.75, 3.05) is 5.32 Å². The zero-order valence-electron chi connectivity index (χ0n) is 10.1. The minimum Gasteiger partial charge on any atom is -0.379 e. The molecule has 1 N–H and O–H groups in total. The van der Waals surface area contributed by atoms with Crippen molar-refractivity contribution in [2.24, 2.45) is 0 Å². The number of halogens is 4. The Balaban J connectivity index is 2.19. The first-order valence-electron chi connectivity index (χ1n) is 5.61. The molecule has 0 amide bonds. The first-order chi connectivity index (χ1) is 8.97. The summed E-state index contributed by atoms with van der Waals surface area (Å²) < 4.78 is 1.94. The molecule has 0 aromatic heterocycles. The van der Waals surface area contributed by atoms with E-state index >= 15 is 0 Å². The lowest BCUT2D eigenvalue weighted by molar-refractivity contribution is 1.13. The van der Waals surface area contributed by atoms with Crippen LogP contribution >= 0.6 is 55.1 Å². The smallest absolute Gasteiger partial charge is 0.0722 e. The van der Waals surface area contributed by atoms with Gasteiger partial charge < -0.3 is 5.32 Å². The average molecular weight is 424 g/mol. The highest BCUT2D eigenvalue weighted by atomic mass is 79.9. The maximum atomic E-state index is 6.18. The normalized spacial score (nSPS) is 10.6. The Bertz CT molecular complexity index is 591. The van der Waals surface area contributed by atoms with Crippen LogP contribution in [0.2, 0.25) is 10.0 Å². The van der Waals surface area contributed by atoms with Gasteiger partial charge in [0.1, 0.15) is 0 Å². The van der Waals surface area contributed by atoms with Crippen LogP contribution in [0, 0.1) is 6.92 Å². The lowest BCUT2D eigenvalue weighted by Crippen LogP contribution is -2.01. The fourth-order valence-electron chi connectivity index (χ4n) is 1.69. The molecule has 0 saturated heterocycles. The minimum absolute atomic E-state index is 0.600. The van der Waals surface area contributed by atoms with E-state index in [4.69, 9.17) is 23.2 Å². The van der Waals surface area contributed by atoms with E-state index < -0.39 is 0 Å². The summed E-state index contributed by atoms with van der Waals surface area (Å²) in [6.45, 7) is 2.71. The van der Waals surface area contributed by atoms with Gasteiger partial charge in [-0.2, -0.15) is 0 Å². The Morgan fingerprint density at radius 2 is 1.68 bits per heavy atom. The summed E-state index contributed by atoms with van der Waals surface area (Å²) in [6.07, 6.45) is 0. The van der Waals surface area contributed by atoms with Crippen LogP contribution in [-0.4, -0.2) is 0 Å². The highest BCUT2D eigenvalue weighted by Gasteiger charge is 2.08. The van der Waals surface area contributed by atoms with Gasteiger partial charge in [0.05, 0.1) is 15.7 Å². The molecule has 0 aliphatic carbocycles. The van der Waals surface area contributed by atoms with Gasteiger partial charge in [0.15, 0.2) is 0 Å². The highest BCUT2D eigenvalue weighted by Crippen LogP contribution is 2.34. The Labute approximate surface area is 139 Å². The third-order valence-corrected chi connectivity index (χ3v) is 4.46. The van der Waals surface area contributed by atoms with E-state index in [1.165, 1.54) is 5.56 Å². The van der Waals surface area contributed by atoms with Crippen molar-refractivity contribution in [3.05, 3.63) is 60.4 Å². The van der Waals surface area contributed by atoms with Crippen molar-refractivity contribution in [2.45, 2.75) is 13.5 Å². The van der Waals surface area contributed by atoms with Crippen LogP contribution in [0.3, 0.4) is 0 Å². The molecular formula is C14H11Br2Cl2N. The van der Waals surface area contributed by atoms with Gasteiger partial charge in [-0.1, -0.05) is 67.2 Å². The molecule has 5 heteroatoms. The molecule has 0 aliphatic rings. The highest BCUT2D eigenvalue weighted by molar-refractivity contribution is 9.10. The van der Waals surface area contributed by atoms with Gasteiger partial charge in [0.2, 0.25) is 0 Å². The molecule has 19 heavy (non-hydrogen) atoms. The fourth-order valence-corrected chi connectivity index (χ4v) is 3.67. The standard InChI is InChI=1S/C14H11Br2Cl2N/c1-8-2-3-9(11(16)4-8)7-19-14-12(17)5-10(15)6-13(14)18/h2-6,19H,7H2,1H3. The minimum atomic E-state index is 0.600. The zero-order chi connectivity index (χ0) is 14.0. The third kappa shape index (κ3) is 3.88. The van der Waals surface area contributed by atoms with Crippen molar-refractivity contribution in [1.82, 2.24) is 0 Å². The lowest BCUT2D eigenvalue weighted by Gasteiger charge is -2.12. The first-order valence-corrected chi connectivity index (χ1v) is 7.95. The molecule has 2 aromatic carbocycles. The summed E-state index contributed by atoms with van der Waals surface area (Å²) in [5.41, 5.74) is 3.12.